The van der Waals surface area contributed by atoms with Gasteiger partial charge in [-0.05, 0) is 45.2 Å². The van der Waals surface area contributed by atoms with Crippen molar-refractivity contribution in [2.24, 2.45) is 0 Å². The fourth-order valence-electron chi connectivity index (χ4n) is 1.87. The average molecular weight is 239 g/mol. The number of halogens is 3. The summed E-state index contributed by atoms with van der Waals surface area (Å²) in [4.78, 5) is 0. The Labute approximate surface area is 94.5 Å². The summed E-state index contributed by atoms with van der Waals surface area (Å²) in [5.41, 5.74) is 0. The molecule has 0 saturated carbocycles. The molecule has 1 heterocycles. The molecule has 1 N–H and O–H groups in total. The van der Waals surface area contributed by atoms with Gasteiger partial charge < -0.3 is 10.1 Å². The van der Waals surface area contributed by atoms with Crippen molar-refractivity contribution in [3.63, 3.8) is 0 Å². The van der Waals surface area contributed by atoms with Gasteiger partial charge in [-0.3, -0.25) is 0 Å². The maximum absolute atomic E-state index is 11.8. The molecule has 0 amide bonds. The van der Waals surface area contributed by atoms with E-state index in [4.69, 9.17) is 4.74 Å². The lowest BCUT2D eigenvalue weighted by atomic mass is 10.1. The van der Waals surface area contributed by atoms with Crippen molar-refractivity contribution in [3.8, 4) is 0 Å². The molecule has 0 spiro atoms. The molecule has 5 heteroatoms. The first-order valence-corrected chi connectivity index (χ1v) is 5.97. The van der Waals surface area contributed by atoms with Gasteiger partial charge >= 0.3 is 6.18 Å². The maximum atomic E-state index is 11.8. The molecule has 1 unspecified atom stereocenters. The molecule has 1 rings (SSSR count). The summed E-state index contributed by atoms with van der Waals surface area (Å²) < 4.78 is 40.8. The van der Waals surface area contributed by atoms with Crippen LogP contribution in [0.25, 0.3) is 0 Å². The van der Waals surface area contributed by atoms with E-state index in [1.54, 1.807) is 0 Å². The summed E-state index contributed by atoms with van der Waals surface area (Å²) in [6, 6.07) is 0. The highest BCUT2D eigenvalue weighted by molar-refractivity contribution is 4.65. The Morgan fingerprint density at radius 1 is 1.19 bits per heavy atom. The van der Waals surface area contributed by atoms with E-state index in [-0.39, 0.29) is 6.42 Å². The number of ether oxygens (including phenoxy) is 1. The van der Waals surface area contributed by atoms with E-state index in [0.29, 0.717) is 12.6 Å². The summed E-state index contributed by atoms with van der Waals surface area (Å²) in [6.45, 7) is 2.10. The van der Waals surface area contributed by atoms with Crippen LogP contribution in [-0.4, -0.2) is 32.0 Å². The van der Waals surface area contributed by atoms with Gasteiger partial charge in [-0.15, -0.1) is 0 Å². The Hall–Kier alpha value is -0.290. The lowest BCUT2D eigenvalue weighted by Gasteiger charge is -2.10. The van der Waals surface area contributed by atoms with Crippen LogP contribution in [0.1, 0.15) is 38.5 Å². The largest absolute Gasteiger partial charge is 0.389 e. The molecule has 0 bridgehead atoms. The quantitative estimate of drug-likeness (QED) is 0.690. The van der Waals surface area contributed by atoms with Crippen LogP contribution in [0.15, 0.2) is 0 Å². The summed E-state index contributed by atoms with van der Waals surface area (Å²) in [5.74, 6) is 0. The van der Waals surface area contributed by atoms with Crippen molar-refractivity contribution in [1.82, 2.24) is 5.32 Å². The lowest BCUT2D eigenvalue weighted by Crippen LogP contribution is -2.20. The van der Waals surface area contributed by atoms with Crippen LogP contribution in [0, 0.1) is 0 Å². The third-order valence-electron chi connectivity index (χ3n) is 2.72. The fourth-order valence-corrected chi connectivity index (χ4v) is 1.87. The van der Waals surface area contributed by atoms with E-state index >= 15 is 0 Å². The standard InChI is InChI=1S/C11H20F3NO/c12-11(13,14)6-3-8-15-7-1-4-10-5-2-9-16-10/h10,15H,1-9H2. The molecular weight excluding hydrogens is 219 g/mol. The van der Waals surface area contributed by atoms with Gasteiger partial charge in [-0.25, -0.2) is 0 Å². The molecule has 1 fully saturated rings. The second kappa shape index (κ2) is 7.12. The molecule has 1 atom stereocenters. The Balaban J connectivity index is 1.81. The zero-order chi connectivity index (χ0) is 11.9. The average Bonchev–Trinajstić information content (AvgIpc) is 2.67. The Morgan fingerprint density at radius 3 is 2.56 bits per heavy atom. The van der Waals surface area contributed by atoms with E-state index < -0.39 is 12.6 Å². The first-order chi connectivity index (χ1) is 7.58. The molecule has 16 heavy (non-hydrogen) atoms. The summed E-state index contributed by atoms with van der Waals surface area (Å²) >= 11 is 0. The molecule has 0 aromatic rings. The van der Waals surface area contributed by atoms with Gasteiger partial charge in [0.1, 0.15) is 0 Å². The van der Waals surface area contributed by atoms with Crippen molar-refractivity contribution in [3.05, 3.63) is 0 Å². The molecule has 0 aromatic heterocycles. The monoisotopic (exact) mass is 239 g/mol. The van der Waals surface area contributed by atoms with E-state index in [2.05, 4.69) is 5.32 Å². The number of alkyl halides is 3. The van der Waals surface area contributed by atoms with Gasteiger partial charge in [-0.1, -0.05) is 0 Å². The Bertz CT molecular complexity index is 179. The van der Waals surface area contributed by atoms with Crippen molar-refractivity contribution < 1.29 is 17.9 Å². The number of nitrogens with one attached hydrogen (secondary N) is 1. The Kier molecular flexibility index (Phi) is 6.13. The van der Waals surface area contributed by atoms with Crippen LogP contribution in [0.4, 0.5) is 13.2 Å². The molecule has 0 aromatic carbocycles. The van der Waals surface area contributed by atoms with Gasteiger partial charge in [0.05, 0.1) is 6.10 Å². The smallest absolute Gasteiger partial charge is 0.378 e. The molecule has 1 aliphatic heterocycles. The minimum absolute atomic E-state index is 0.170. The second-order valence-corrected chi connectivity index (χ2v) is 4.25. The summed E-state index contributed by atoms with van der Waals surface area (Å²) in [6.07, 6.45) is 0.131. The number of hydrogen-bond donors (Lipinski definition) is 1. The van der Waals surface area contributed by atoms with E-state index in [1.807, 2.05) is 0 Å². The minimum Gasteiger partial charge on any atom is -0.378 e. The highest BCUT2D eigenvalue weighted by Crippen LogP contribution is 2.20. The van der Waals surface area contributed by atoms with Gasteiger partial charge in [-0.2, -0.15) is 13.2 Å². The first-order valence-electron chi connectivity index (χ1n) is 5.97. The van der Waals surface area contributed by atoms with E-state index in [0.717, 1.165) is 38.8 Å². The van der Waals surface area contributed by atoms with Crippen LogP contribution in [0.3, 0.4) is 0 Å². The SMILES string of the molecule is FC(F)(F)CCCNCCCC1CCCO1. The molecule has 0 aliphatic carbocycles. The summed E-state index contributed by atoms with van der Waals surface area (Å²) in [5, 5.41) is 3.03. The van der Waals surface area contributed by atoms with Crippen molar-refractivity contribution >= 4 is 0 Å². The lowest BCUT2D eigenvalue weighted by molar-refractivity contribution is -0.135. The van der Waals surface area contributed by atoms with Crippen molar-refractivity contribution in [2.75, 3.05) is 19.7 Å². The third kappa shape index (κ3) is 7.06. The van der Waals surface area contributed by atoms with Crippen LogP contribution < -0.4 is 5.32 Å². The Morgan fingerprint density at radius 2 is 1.94 bits per heavy atom. The maximum Gasteiger partial charge on any atom is 0.389 e. The van der Waals surface area contributed by atoms with Crippen LogP contribution >= 0.6 is 0 Å². The molecular formula is C11H20F3NO. The topological polar surface area (TPSA) is 21.3 Å². The van der Waals surface area contributed by atoms with Gasteiger partial charge in [0.15, 0.2) is 0 Å². The zero-order valence-electron chi connectivity index (χ0n) is 9.48. The molecule has 0 radical (unpaired) electrons. The number of rotatable bonds is 7. The highest BCUT2D eigenvalue weighted by atomic mass is 19.4. The third-order valence-corrected chi connectivity index (χ3v) is 2.72. The predicted octanol–water partition coefficient (Wildman–Crippen LogP) is 2.88. The zero-order valence-corrected chi connectivity index (χ0v) is 9.48. The second-order valence-electron chi connectivity index (χ2n) is 4.25. The molecule has 1 saturated heterocycles. The normalized spacial score (nSPS) is 21.6. The van der Waals surface area contributed by atoms with Crippen LogP contribution in [0.2, 0.25) is 0 Å². The van der Waals surface area contributed by atoms with Gasteiger partial charge in [0, 0.05) is 13.0 Å². The van der Waals surface area contributed by atoms with E-state index in [1.165, 1.54) is 0 Å². The highest BCUT2D eigenvalue weighted by Gasteiger charge is 2.25. The molecule has 96 valence electrons. The van der Waals surface area contributed by atoms with Gasteiger partial charge in [0.25, 0.3) is 0 Å². The first kappa shape index (κ1) is 13.8. The number of hydrogen-bond acceptors (Lipinski definition) is 2. The molecule has 1 aliphatic rings. The summed E-state index contributed by atoms with van der Waals surface area (Å²) in [7, 11) is 0. The van der Waals surface area contributed by atoms with Crippen molar-refractivity contribution in [2.45, 2.75) is 50.8 Å². The fraction of sp³-hybridized carbons (Fsp3) is 1.00. The van der Waals surface area contributed by atoms with Crippen LogP contribution in [0.5, 0.6) is 0 Å². The minimum atomic E-state index is -4.01. The molecule has 2 nitrogen and oxygen atoms in total. The predicted molar refractivity (Wildman–Crippen MR) is 56.4 cm³/mol. The van der Waals surface area contributed by atoms with E-state index in [9.17, 15) is 13.2 Å². The van der Waals surface area contributed by atoms with Gasteiger partial charge in [0.2, 0.25) is 0 Å². The van der Waals surface area contributed by atoms with Crippen molar-refractivity contribution in [1.29, 1.82) is 0 Å². The van der Waals surface area contributed by atoms with Crippen LogP contribution in [-0.2, 0) is 4.74 Å².